The van der Waals surface area contributed by atoms with Crippen molar-refractivity contribution in [2.24, 2.45) is 28.6 Å². The van der Waals surface area contributed by atoms with Crippen molar-refractivity contribution in [2.45, 2.75) is 64.4 Å². The zero-order valence-corrected chi connectivity index (χ0v) is 20.2. The van der Waals surface area contributed by atoms with Crippen LogP contribution in [0.2, 0.25) is 0 Å². The number of esters is 1. The molecule has 176 valence electrons. The fourth-order valence-electron chi connectivity index (χ4n) is 7.54. The van der Waals surface area contributed by atoms with Crippen LogP contribution in [-0.2, 0) is 25.5 Å². The highest BCUT2D eigenvalue weighted by atomic mass is 32.1. The molecule has 6 heteroatoms. The molecule has 33 heavy (non-hydrogen) atoms. The Morgan fingerprint density at radius 2 is 1.97 bits per heavy atom. The second-order valence-electron chi connectivity index (χ2n) is 10.8. The number of ketones is 2. The van der Waals surface area contributed by atoms with E-state index in [2.05, 4.69) is 19.9 Å². The van der Waals surface area contributed by atoms with Crippen molar-refractivity contribution in [3.8, 4) is 0 Å². The van der Waals surface area contributed by atoms with Gasteiger partial charge in [-0.15, -0.1) is 11.3 Å². The van der Waals surface area contributed by atoms with E-state index in [-0.39, 0.29) is 35.9 Å². The molecule has 4 aliphatic carbocycles. The first-order valence-electron chi connectivity index (χ1n) is 12.1. The fourth-order valence-corrected chi connectivity index (χ4v) is 8.23. The van der Waals surface area contributed by atoms with Crippen molar-refractivity contribution < 1.29 is 24.2 Å². The van der Waals surface area contributed by atoms with Crippen LogP contribution in [-0.4, -0.2) is 34.9 Å². The van der Waals surface area contributed by atoms with Crippen LogP contribution in [0.4, 0.5) is 0 Å². The molecule has 3 fully saturated rings. The van der Waals surface area contributed by atoms with Gasteiger partial charge >= 0.3 is 5.97 Å². The maximum absolute atomic E-state index is 13.2. The number of carbonyl (C=O) groups excluding carboxylic acids is 3. The predicted molar refractivity (Wildman–Crippen MR) is 126 cm³/mol. The number of hydrogen-bond acceptors (Lipinski definition) is 6. The van der Waals surface area contributed by atoms with Crippen molar-refractivity contribution in [1.82, 2.24) is 0 Å². The summed E-state index contributed by atoms with van der Waals surface area (Å²) >= 11 is 1.48. The van der Waals surface area contributed by atoms with Crippen LogP contribution in [0.1, 0.15) is 57.2 Å². The molecule has 0 radical (unpaired) electrons. The van der Waals surface area contributed by atoms with E-state index in [0.29, 0.717) is 18.3 Å². The van der Waals surface area contributed by atoms with E-state index in [9.17, 15) is 19.5 Å². The van der Waals surface area contributed by atoms with Crippen LogP contribution in [0, 0.1) is 28.6 Å². The monoisotopic (exact) mass is 468 g/mol. The van der Waals surface area contributed by atoms with E-state index in [1.807, 2.05) is 23.6 Å². The van der Waals surface area contributed by atoms with Gasteiger partial charge in [-0.05, 0) is 79.9 Å². The molecule has 1 aromatic rings. The van der Waals surface area contributed by atoms with Gasteiger partial charge in [0, 0.05) is 15.7 Å². The summed E-state index contributed by atoms with van der Waals surface area (Å²) in [6, 6.07) is 3.74. The van der Waals surface area contributed by atoms with E-state index in [4.69, 9.17) is 4.74 Å². The highest BCUT2D eigenvalue weighted by Crippen LogP contribution is 2.67. The summed E-state index contributed by atoms with van der Waals surface area (Å²) in [6.07, 6.45) is 10.6. The Morgan fingerprint density at radius 3 is 2.73 bits per heavy atom. The molecule has 0 aliphatic heterocycles. The molecule has 1 N–H and O–H groups in total. The summed E-state index contributed by atoms with van der Waals surface area (Å²) in [5.41, 5.74) is -0.847. The van der Waals surface area contributed by atoms with Gasteiger partial charge in [0.05, 0.1) is 6.42 Å². The van der Waals surface area contributed by atoms with Gasteiger partial charge in [-0.1, -0.05) is 31.6 Å². The highest BCUT2D eigenvalue weighted by Gasteiger charge is 2.66. The normalized spacial score (nSPS) is 39.3. The third-order valence-corrected chi connectivity index (χ3v) is 10.3. The Balaban J connectivity index is 1.30. The molecule has 0 bridgehead atoms. The van der Waals surface area contributed by atoms with E-state index >= 15 is 0 Å². The number of hydrogen-bond donors (Lipinski definition) is 1. The van der Waals surface area contributed by atoms with Gasteiger partial charge in [0.25, 0.3) is 0 Å². The molecule has 0 saturated heterocycles. The first-order valence-corrected chi connectivity index (χ1v) is 12.9. The third kappa shape index (κ3) is 3.48. The summed E-state index contributed by atoms with van der Waals surface area (Å²) in [4.78, 5) is 38.3. The maximum Gasteiger partial charge on any atom is 0.311 e. The number of fused-ring (bicyclic) bond motifs is 5. The Morgan fingerprint density at radius 1 is 1.18 bits per heavy atom. The summed E-state index contributed by atoms with van der Waals surface area (Å²) < 4.78 is 5.29. The Labute approximate surface area is 198 Å². The maximum atomic E-state index is 13.2. The van der Waals surface area contributed by atoms with Crippen LogP contribution in [0.5, 0.6) is 0 Å². The Kier molecular flexibility index (Phi) is 5.52. The van der Waals surface area contributed by atoms with Gasteiger partial charge in [0.2, 0.25) is 5.78 Å². The number of ether oxygens (including phenoxy) is 1. The topological polar surface area (TPSA) is 80.7 Å². The molecule has 0 unspecified atom stereocenters. The van der Waals surface area contributed by atoms with Crippen LogP contribution in [0.3, 0.4) is 0 Å². The lowest BCUT2D eigenvalue weighted by molar-refractivity contribution is -0.168. The number of Topliss-reactive ketones (excluding diaryl/α,β-unsaturated/α-hetero) is 1. The van der Waals surface area contributed by atoms with Crippen molar-refractivity contribution in [3.63, 3.8) is 0 Å². The molecular formula is C27H32O5S. The van der Waals surface area contributed by atoms with Gasteiger partial charge in [0.15, 0.2) is 12.4 Å². The van der Waals surface area contributed by atoms with Gasteiger partial charge in [-0.25, -0.2) is 0 Å². The van der Waals surface area contributed by atoms with Crippen LogP contribution in [0.15, 0.2) is 41.3 Å². The van der Waals surface area contributed by atoms with E-state index in [0.717, 1.165) is 37.0 Å². The predicted octanol–water partition coefficient (Wildman–Crippen LogP) is 4.44. The molecule has 5 nitrogen and oxygen atoms in total. The van der Waals surface area contributed by atoms with Gasteiger partial charge in [0.1, 0.15) is 5.60 Å². The minimum atomic E-state index is -1.46. The number of thiophene rings is 1. The third-order valence-electron chi connectivity index (χ3n) is 9.43. The molecular weight excluding hydrogens is 436 g/mol. The van der Waals surface area contributed by atoms with Crippen molar-refractivity contribution >= 4 is 28.9 Å². The lowest BCUT2D eigenvalue weighted by Gasteiger charge is -2.57. The SMILES string of the molecule is C[C@]12C=CC(=O)C=C1CC[C@@H]1[C@@H]2CC[C@]2(C)[C@H]1CC[C@]2(O)C(=O)COC(=O)Cc1cccs1. The summed E-state index contributed by atoms with van der Waals surface area (Å²) in [5.74, 6) is 0.354. The standard InChI is InChI=1S/C27H32O5S/c1-25-10-7-18(28)14-17(25)5-6-20-21(25)8-11-26(2)22(20)9-12-27(26,31)23(29)16-32-24(30)15-19-4-3-13-33-19/h3-4,7,10,13-14,20-22,31H,5-6,8-9,11-12,15-16H2,1-2H3/t20-,21+,22+,25+,26-,27+/m1/s1. The average Bonchev–Trinajstić information content (AvgIpc) is 3.39. The number of carbonyl (C=O) groups is 3. The molecule has 0 aromatic carbocycles. The van der Waals surface area contributed by atoms with Crippen molar-refractivity contribution in [1.29, 1.82) is 0 Å². The van der Waals surface area contributed by atoms with Crippen LogP contribution >= 0.6 is 11.3 Å². The molecule has 0 spiro atoms. The first-order chi connectivity index (χ1) is 15.7. The molecule has 4 aliphatic rings. The number of allylic oxidation sites excluding steroid dienone is 4. The van der Waals surface area contributed by atoms with E-state index in [1.54, 1.807) is 6.08 Å². The molecule has 3 saturated carbocycles. The first kappa shape index (κ1) is 22.7. The van der Waals surface area contributed by atoms with Gasteiger partial charge < -0.3 is 9.84 Å². The molecule has 1 aromatic heterocycles. The van der Waals surface area contributed by atoms with E-state index in [1.165, 1.54) is 16.9 Å². The Hall–Kier alpha value is -2.05. The van der Waals surface area contributed by atoms with E-state index < -0.39 is 17.0 Å². The van der Waals surface area contributed by atoms with Crippen LogP contribution < -0.4 is 0 Å². The fraction of sp³-hybridized carbons (Fsp3) is 0.593. The molecule has 6 atom stereocenters. The highest BCUT2D eigenvalue weighted by molar-refractivity contribution is 7.10. The molecule has 5 rings (SSSR count). The summed E-state index contributed by atoms with van der Waals surface area (Å²) in [7, 11) is 0. The minimum absolute atomic E-state index is 0.0797. The number of aliphatic hydroxyl groups is 1. The second-order valence-corrected chi connectivity index (χ2v) is 11.8. The van der Waals surface area contributed by atoms with Gasteiger partial charge in [-0.2, -0.15) is 0 Å². The number of rotatable bonds is 5. The van der Waals surface area contributed by atoms with Crippen molar-refractivity contribution in [3.05, 3.63) is 46.2 Å². The Bertz CT molecular complexity index is 1040. The lowest BCUT2D eigenvalue weighted by atomic mass is 9.47. The smallest absolute Gasteiger partial charge is 0.311 e. The lowest BCUT2D eigenvalue weighted by Crippen LogP contribution is -2.58. The molecule has 1 heterocycles. The van der Waals surface area contributed by atoms with Crippen LogP contribution in [0.25, 0.3) is 0 Å². The summed E-state index contributed by atoms with van der Waals surface area (Å²) in [5, 5.41) is 13.6. The zero-order chi connectivity index (χ0) is 23.4. The quantitative estimate of drug-likeness (QED) is 0.646. The largest absolute Gasteiger partial charge is 0.457 e. The molecule has 0 amide bonds. The van der Waals surface area contributed by atoms with Crippen molar-refractivity contribution in [2.75, 3.05) is 6.61 Å². The minimum Gasteiger partial charge on any atom is -0.457 e. The second kappa shape index (κ2) is 8.02. The average molecular weight is 469 g/mol. The zero-order valence-electron chi connectivity index (χ0n) is 19.3. The summed E-state index contributed by atoms with van der Waals surface area (Å²) in [6.45, 7) is 3.95. The van der Waals surface area contributed by atoms with Gasteiger partial charge in [-0.3, -0.25) is 14.4 Å².